The number of ether oxygens (including phenoxy) is 1. The summed E-state index contributed by atoms with van der Waals surface area (Å²) in [5.74, 6) is 0.0286. The highest BCUT2D eigenvalue weighted by molar-refractivity contribution is 7.99. The second-order valence-electron chi connectivity index (χ2n) is 8.59. The van der Waals surface area contributed by atoms with Gasteiger partial charge in [0.25, 0.3) is 11.8 Å². The third kappa shape index (κ3) is 4.49. The van der Waals surface area contributed by atoms with Crippen molar-refractivity contribution in [3.63, 3.8) is 0 Å². The van der Waals surface area contributed by atoms with Crippen molar-refractivity contribution >= 4 is 23.6 Å². The average molecular weight is 469 g/mol. The van der Waals surface area contributed by atoms with Crippen molar-refractivity contribution in [2.75, 3.05) is 45.1 Å². The first kappa shape index (κ1) is 22.3. The lowest BCUT2D eigenvalue weighted by atomic mass is 10.1. The number of benzene rings is 1. The van der Waals surface area contributed by atoms with Crippen LogP contribution < -0.4 is 5.69 Å². The summed E-state index contributed by atoms with van der Waals surface area (Å²) in [5.41, 5.74) is 3.01. The molecule has 0 N–H and O–H groups in total. The highest BCUT2D eigenvalue weighted by atomic mass is 32.2. The van der Waals surface area contributed by atoms with Crippen LogP contribution in [-0.4, -0.2) is 76.3 Å². The van der Waals surface area contributed by atoms with Crippen molar-refractivity contribution in [3.05, 3.63) is 57.1 Å². The van der Waals surface area contributed by atoms with Crippen LogP contribution in [0.1, 0.15) is 44.8 Å². The molecule has 5 rings (SSSR count). The zero-order valence-electron chi connectivity index (χ0n) is 18.6. The summed E-state index contributed by atoms with van der Waals surface area (Å²) in [5, 5.41) is 0.758. The number of thioether (sulfide) groups is 1. The predicted molar refractivity (Wildman–Crippen MR) is 125 cm³/mol. The summed E-state index contributed by atoms with van der Waals surface area (Å²) in [4.78, 5) is 46.1. The van der Waals surface area contributed by atoms with E-state index in [0.29, 0.717) is 30.0 Å². The summed E-state index contributed by atoms with van der Waals surface area (Å²) < 4.78 is 7.26. The molecular formula is C24H28N4O4S. The number of hydrogen-bond acceptors (Lipinski definition) is 7. The van der Waals surface area contributed by atoms with Crippen LogP contribution in [0.4, 0.5) is 0 Å². The first-order chi connectivity index (χ1) is 16.1. The third-order valence-electron chi connectivity index (χ3n) is 6.59. The monoisotopic (exact) mass is 468 g/mol. The van der Waals surface area contributed by atoms with E-state index in [1.807, 2.05) is 4.57 Å². The molecule has 1 aromatic carbocycles. The van der Waals surface area contributed by atoms with E-state index in [0.717, 1.165) is 74.8 Å². The molecule has 3 aliphatic rings. The van der Waals surface area contributed by atoms with E-state index in [9.17, 15) is 14.4 Å². The molecule has 2 aromatic rings. The minimum Gasteiger partial charge on any atom is -0.379 e. The number of hydrogen-bond donors (Lipinski definition) is 0. The van der Waals surface area contributed by atoms with Crippen molar-refractivity contribution in [3.8, 4) is 0 Å². The van der Waals surface area contributed by atoms with E-state index < -0.39 is 0 Å². The van der Waals surface area contributed by atoms with Crippen LogP contribution in [0.3, 0.4) is 0 Å². The average Bonchev–Trinajstić information content (AvgIpc) is 3.41. The Balaban J connectivity index is 1.22. The zero-order valence-corrected chi connectivity index (χ0v) is 19.4. The summed E-state index contributed by atoms with van der Waals surface area (Å²) in [6.07, 6.45) is 3.76. The van der Waals surface area contributed by atoms with Gasteiger partial charge in [-0.05, 0) is 37.8 Å². The van der Waals surface area contributed by atoms with E-state index in [-0.39, 0.29) is 17.5 Å². The number of rotatable bonds is 8. The van der Waals surface area contributed by atoms with Crippen molar-refractivity contribution in [1.82, 2.24) is 19.4 Å². The first-order valence-electron chi connectivity index (χ1n) is 11.6. The quantitative estimate of drug-likeness (QED) is 0.332. The fourth-order valence-electron chi connectivity index (χ4n) is 4.89. The Labute approximate surface area is 196 Å². The number of carbonyl (C=O) groups is 2. The fraction of sp³-hybridized carbons (Fsp3) is 0.500. The lowest BCUT2D eigenvalue weighted by molar-refractivity contribution is 0.0368. The first-order valence-corrected chi connectivity index (χ1v) is 12.6. The van der Waals surface area contributed by atoms with E-state index in [1.54, 1.807) is 24.3 Å². The second kappa shape index (κ2) is 9.79. The molecule has 33 heavy (non-hydrogen) atoms. The molecular weight excluding hydrogens is 440 g/mol. The van der Waals surface area contributed by atoms with Gasteiger partial charge >= 0.3 is 5.69 Å². The molecule has 174 valence electrons. The Morgan fingerprint density at radius 1 is 0.939 bits per heavy atom. The number of aromatic nitrogens is 2. The van der Waals surface area contributed by atoms with Crippen LogP contribution >= 0.6 is 11.8 Å². The molecule has 2 amide bonds. The Bertz CT molecular complexity index is 1090. The lowest BCUT2D eigenvalue weighted by Gasteiger charge is -2.26. The number of carbonyl (C=O) groups excluding carboxylic acids is 2. The molecule has 9 heteroatoms. The Hall–Kier alpha value is -2.49. The van der Waals surface area contributed by atoms with E-state index in [4.69, 9.17) is 4.74 Å². The normalized spacial score (nSPS) is 18.1. The molecule has 0 atom stereocenters. The molecule has 3 heterocycles. The van der Waals surface area contributed by atoms with Gasteiger partial charge in [-0.25, -0.2) is 4.79 Å². The predicted octanol–water partition coefficient (Wildman–Crippen LogP) is 1.84. The van der Waals surface area contributed by atoms with Crippen molar-refractivity contribution < 1.29 is 14.3 Å². The van der Waals surface area contributed by atoms with Crippen LogP contribution in [0, 0.1) is 0 Å². The van der Waals surface area contributed by atoms with Gasteiger partial charge in [0.05, 0.1) is 24.3 Å². The number of fused-ring (bicyclic) bond motifs is 2. The Morgan fingerprint density at radius 3 is 2.39 bits per heavy atom. The van der Waals surface area contributed by atoms with E-state index >= 15 is 0 Å². The summed E-state index contributed by atoms with van der Waals surface area (Å²) in [6.45, 7) is 5.41. The summed E-state index contributed by atoms with van der Waals surface area (Å²) in [6, 6.07) is 6.92. The second-order valence-corrected chi connectivity index (χ2v) is 9.68. The molecule has 0 radical (unpaired) electrons. The SMILES string of the molecule is O=C1c2ccccc2C(=O)N1CCSc1nc(=O)n(CCCN2CCOCC2)c2c1CCC2. The fourth-order valence-corrected chi connectivity index (χ4v) is 5.89. The molecule has 0 spiro atoms. The van der Waals surface area contributed by atoms with Crippen molar-refractivity contribution in [2.45, 2.75) is 37.3 Å². The molecule has 0 bridgehead atoms. The number of morpholine rings is 1. The van der Waals surface area contributed by atoms with Crippen LogP contribution in [0.25, 0.3) is 0 Å². The maximum atomic E-state index is 12.8. The number of amides is 2. The van der Waals surface area contributed by atoms with Crippen molar-refractivity contribution in [1.29, 1.82) is 0 Å². The van der Waals surface area contributed by atoms with Gasteiger partial charge in [-0.1, -0.05) is 12.1 Å². The maximum Gasteiger partial charge on any atom is 0.348 e. The number of imide groups is 1. The molecule has 1 aromatic heterocycles. The van der Waals surface area contributed by atoms with Crippen LogP contribution in [0.5, 0.6) is 0 Å². The summed E-state index contributed by atoms with van der Waals surface area (Å²) >= 11 is 1.47. The molecule has 1 saturated heterocycles. The maximum absolute atomic E-state index is 12.8. The van der Waals surface area contributed by atoms with Crippen molar-refractivity contribution in [2.24, 2.45) is 0 Å². The third-order valence-corrected chi connectivity index (χ3v) is 7.59. The number of nitrogens with zero attached hydrogens (tertiary/aromatic N) is 4. The van der Waals surface area contributed by atoms with Gasteiger partial charge in [-0.3, -0.25) is 24.0 Å². The highest BCUT2D eigenvalue weighted by Gasteiger charge is 2.34. The zero-order chi connectivity index (χ0) is 22.8. The van der Waals surface area contributed by atoms with E-state index in [2.05, 4.69) is 9.88 Å². The van der Waals surface area contributed by atoms with Gasteiger partial charge in [0.2, 0.25) is 0 Å². The minimum absolute atomic E-state index is 0.194. The van der Waals surface area contributed by atoms with Crippen LogP contribution in [0.2, 0.25) is 0 Å². The minimum atomic E-state index is -0.245. The largest absolute Gasteiger partial charge is 0.379 e. The summed E-state index contributed by atoms with van der Waals surface area (Å²) in [7, 11) is 0. The van der Waals surface area contributed by atoms with Gasteiger partial charge in [-0.2, -0.15) is 4.98 Å². The highest BCUT2D eigenvalue weighted by Crippen LogP contribution is 2.30. The van der Waals surface area contributed by atoms with Crippen LogP contribution in [-0.2, 0) is 24.1 Å². The van der Waals surface area contributed by atoms with Gasteiger partial charge in [-0.15, -0.1) is 11.8 Å². The van der Waals surface area contributed by atoms with E-state index in [1.165, 1.54) is 16.7 Å². The lowest BCUT2D eigenvalue weighted by Crippen LogP contribution is -2.37. The van der Waals surface area contributed by atoms with Gasteiger partial charge in [0.15, 0.2) is 0 Å². The van der Waals surface area contributed by atoms with Crippen LogP contribution in [0.15, 0.2) is 34.1 Å². The Kier molecular flexibility index (Phi) is 6.62. The van der Waals surface area contributed by atoms with Gasteiger partial charge < -0.3 is 4.74 Å². The molecule has 0 unspecified atom stereocenters. The standard InChI is InChI=1S/C24H28N4O4S/c29-22-17-5-1-2-6-18(17)23(30)28(22)13-16-33-21-19-7-3-8-20(19)27(24(31)25-21)10-4-9-26-11-14-32-15-12-26/h1-2,5-6H,3-4,7-16H2. The smallest absolute Gasteiger partial charge is 0.348 e. The van der Waals surface area contributed by atoms with Gasteiger partial charge in [0, 0.05) is 49.7 Å². The molecule has 0 saturated carbocycles. The Morgan fingerprint density at radius 2 is 1.67 bits per heavy atom. The molecule has 2 aliphatic heterocycles. The molecule has 1 aliphatic carbocycles. The molecule has 1 fully saturated rings. The van der Waals surface area contributed by atoms with Gasteiger partial charge in [0.1, 0.15) is 5.03 Å². The topological polar surface area (TPSA) is 84.7 Å². The molecule has 8 nitrogen and oxygen atoms in total.